The molecule has 0 aliphatic carbocycles. The number of aromatic nitrogens is 2. The number of hydrogen-bond acceptors (Lipinski definition) is 2. The average molecular weight is 330 g/mol. The molecule has 22 heavy (non-hydrogen) atoms. The largest absolute Gasteiger partial charge is 0.419 e. The van der Waals surface area contributed by atoms with Gasteiger partial charge in [-0.2, -0.15) is 18.3 Å². The molecule has 0 aliphatic heterocycles. The van der Waals surface area contributed by atoms with Gasteiger partial charge < -0.3 is 0 Å². The lowest BCUT2D eigenvalue weighted by Crippen LogP contribution is -2.10. The smallest absolute Gasteiger partial charge is 0.257 e. The van der Waals surface area contributed by atoms with Crippen LogP contribution in [0.5, 0.6) is 0 Å². The van der Waals surface area contributed by atoms with E-state index in [-0.39, 0.29) is 10.7 Å². The number of aliphatic imine (C=N–C) groups is 1. The minimum Gasteiger partial charge on any atom is -0.257 e. The maximum atomic E-state index is 13.3. The molecule has 1 aromatic carbocycles. The molecular formula is C15H15ClF3N3. The van der Waals surface area contributed by atoms with E-state index in [1.54, 1.807) is 32.3 Å². The Morgan fingerprint density at radius 2 is 2.09 bits per heavy atom. The molecule has 1 aromatic heterocycles. The van der Waals surface area contributed by atoms with Crippen LogP contribution in [0.15, 0.2) is 29.5 Å². The van der Waals surface area contributed by atoms with Crippen LogP contribution < -0.4 is 0 Å². The van der Waals surface area contributed by atoms with Gasteiger partial charge in [0.15, 0.2) is 0 Å². The molecule has 2 aromatic rings. The van der Waals surface area contributed by atoms with E-state index in [4.69, 9.17) is 11.6 Å². The zero-order valence-corrected chi connectivity index (χ0v) is 13.1. The Labute approximate surface area is 131 Å². The van der Waals surface area contributed by atoms with Crippen molar-refractivity contribution in [2.24, 2.45) is 4.99 Å². The topological polar surface area (TPSA) is 30.2 Å². The number of hydrogen-bond donors (Lipinski definition) is 0. The minimum atomic E-state index is -4.57. The Kier molecular flexibility index (Phi) is 4.60. The van der Waals surface area contributed by atoms with E-state index < -0.39 is 11.7 Å². The van der Waals surface area contributed by atoms with Crippen LogP contribution in [0.4, 0.5) is 18.9 Å². The van der Waals surface area contributed by atoms with Gasteiger partial charge in [-0.05, 0) is 32.4 Å². The van der Waals surface area contributed by atoms with Crippen molar-refractivity contribution in [3.05, 3.63) is 40.7 Å². The molecule has 0 unspecified atom stereocenters. The summed E-state index contributed by atoms with van der Waals surface area (Å²) in [5.74, 6) is 0. The lowest BCUT2D eigenvalue weighted by Gasteiger charge is -2.18. The molecule has 0 bridgehead atoms. The fourth-order valence-electron chi connectivity index (χ4n) is 2.05. The van der Waals surface area contributed by atoms with E-state index >= 15 is 0 Å². The Balaban J connectivity index is 2.80. The third-order valence-electron chi connectivity index (χ3n) is 3.33. The van der Waals surface area contributed by atoms with Crippen molar-refractivity contribution >= 4 is 23.0 Å². The summed E-state index contributed by atoms with van der Waals surface area (Å²) in [6.07, 6.45) is -0.824. The van der Waals surface area contributed by atoms with Crippen molar-refractivity contribution in [1.29, 1.82) is 0 Å². The summed E-state index contributed by atoms with van der Waals surface area (Å²) in [5, 5.41) is 3.67. The van der Waals surface area contributed by atoms with Gasteiger partial charge in [0.2, 0.25) is 0 Å². The number of nitrogens with zero attached hydrogens (tertiary/aromatic N) is 3. The quantitative estimate of drug-likeness (QED) is 0.697. The van der Waals surface area contributed by atoms with E-state index in [9.17, 15) is 13.2 Å². The first-order valence-electron chi connectivity index (χ1n) is 6.70. The molecule has 0 saturated carbocycles. The first-order valence-corrected chi connectivity index (χ1v) is 7.08. The van der Waals surface area contributed by atoms with Crippen molar-refractivity contribution in [2.45, 2.75) is 33.4 Å². The lowest BCUT2D eigenvalue weighted by molar-refractivity contribution is -0.136. The molecule has 0 saturated heterocycles. The van der Waals surface area contributed by atoms with Gasteiger partial charge in [0.05, 0.1) is 16.4 Å². The van der Waals surface area contributed by atoms with Crippen LogP contribution in [0, 0.1) is 6.92 Å². The molecule has 0 atom stereocenters. The summed E-state index contributed by atoms with van der Waals surface area (Å²) >= 11 is 5.90. The van der Waals surface area contributed by atoms with Crippen LogP contribution in [0.25, 0.3) is 5.69 Å². The molecule has 7 heteroatoms. The van der Waals surface area contributed by atoms with Crippen LogP contribution in [-0.2, 0) is 6.18 Å². The van der Waals surface area contributed by atoms with Gasteiger partial charge in [0, 0.05) is 23.7 Å². The van der Waals surface area contributed by atoms with Crippen LogP contribution >= 0.6 is 11.6 Å². The molecule has 0 radical (unpaired) electrons. The first kappa shape index (κ1) is 16.5. The van der Waals surface area contributed by atoms with Crippen molar-refractivity contribution in [3.8, 4) is 5.69 Å². The van der Waals surface area contributed by atoms with Gasteiger partial charge in [-0.1, -0.05) is 18.5 Å². The number of rotatable bonds is 3. The lowest BCUT2D eigenvalue weighted by atomic mass is 10.0. The highest BCUT2D eigenvalue weighted by Crippen LogP contribution is 2.44. The van der Waals surface area contributed by atoms with Gasteiger partial charge in [-0.25, -0.2) is 4.68 Å². The SMILES string of the molecule is CC/C(C)=N\c1c(C)c(-n2cccn2)cc(Cl)c1C(F)(F)F. The Hall–Kier alpha value is -1.82. The van der Waals surface area contributed by atoms with Gasteiger partial charge in [-0.3, -0.25) is 4.99 Å². The average Bonchev–Trinajstić information content (AvgIpc) is 2.94. The molecule has 3 nitrogen and oxygen atoms in total. The summed E-state index contributed by atoms with van der Waals surface area (Å²) < 4.78 is 41.5. The van der Waals surface area contributed by atoms with Crippen LogP contribution in [0.2, 0.25) is 5.02 Å². The standard InChI is InChI=1S/C15H15ClF3N3/c1-4-9(2)21-14-10(3)12(22-7-5-6-20-22)8-11(16)13(14)15(17,18)19/h5-8H,4H2,1-3H3/b21-9-. The maximum Gasteiger partial charge on any atom is 0.419 e. The van der Waals surface area contributed by atoms with Crippen molar-refractivity contribution in [3.63, 3.8) is 0 Å². The monoisotopic (exact) mass is 329 g/mol. The molecule has 0 spiro atoms. The molecule has 118 valence electrons. The van der Waals surface area contributed by atoms with Crippen LogP contribution in [0.1, 0.15) is 31.4 Å². The van der Waals surface area contributed by atoms with E-state index in [1.807, 2.05) is 6.92 Å². The van der Waals surface area contributed by atoms with Gasteiger partial charge in [0.25, 0.3) is 0 Å². The highest BCUT2D eigenvalue weighted by Gasteiger charge is 2.38. The summed E-state index contributed by atoms with van der Waals surface area (Å²) in [5.41, 5.74) is 0.404. The molecule has 0 fully saturated rings. The molecule has 2 rings (SSSR count). The number of halogens is 4. The second kappa shape index (κ2) is 6.12. The predicted octanol–water partition coefficient (Wildman–Crippen LogP) is 5.36. The predicted molar refractivity (Wildman–Crippen MR) is 81.4 cm³/mol. The molecular weight excluding hydrogens is 315 g/mol. The molecule has 1 heterocycles. The Morgan fingerprint density at radius 1 is 1.41 bits per heavy atom. The number of benzene rings is 1. The first-order chi connectivity index (χ1) is 10.3. The zero-order chi connectivity index (χ0) is 16.5. The second-order valence-electron chi connectivity index (χ2n) is 4.88. The Bertz CT molecular complexity index is 704. The van der Waals surface area contributed by atoms with Crippen LogP contribution in [-0.4, -0.2) is 15.5 Å². The third kappa shape index (κ3) is 3.16. The maximum absolute atomic E-state index is 13.3. The van der Waals surface area contributed by atoms with E-state index in [0.717, 1.165) is 0 Å². The second-order valence-corrected chi connectivity index (χ2v) is 5.28. The van der Waals surface area contributed by atoms with Gasteiger partial charge in [-0.15, -0.1) is 0 Å². The molecule has 0 amide bonds. The minimum absolute atomic E-state index is 0.148. The van der Waals surface area contributed by atoms with Crippen molar-refractivity contribution in [1.82, 2.24) is 9.78 Å². The third-order valence-corrected chi connectivity index (χ3v) is 3.63. The summed E-state index contributed by atoms with van der Waals surface area (Å²) in [7, 11) is 0. The highest BCUT2D eigenvalue weighted by atomic mass is 35.5. The zero-order valence-electron chi connectivity index (χ0n) is 12.4. The van der Waals surface area contributed by atoms with Crippen LogP contribution in [0.3, 0.4) is 0 Å². The van der Waals surface area contributed by atoms with E-state index in [2.05, 4.69) is 10.1 Å². The fourth-order valence-corrected chi connectivity index (χ4v) is 2.35. The highest BCUT2D eigenvalue weighted by molar-refractivity contribution is 6.32. The van der Waals surface area contributed by atoms with Gasteiger partial charge in [0.1, 0.15) is 5.56 Å². The van der Waals surface area contributed by atoms with E-state index in [0.29, 0.717) is 23.4 Å². The molecule has 0 N–H and O–H groups in total. The summed E-state index contributed by atoms with van der Waals surface area (Å²) in [4.78, 5) is 4.15. The van der Waals surface area contributed by atoms with Crippen molar-refractivity contribution < 1.29 is 13.2 Å². The normalized spacial score (nSPS) is 12.8. The van der Waals surface area contributed by atoms with E-state index in [1.165, 1.54) is 10.7 Å². The Morgan fingerprint density at radius 3 is 2.59 bits per heavy atom. The molecule has 0 aliphatic rings. The number of alkyl halides is 3. The van der Waals surface area contributed by atoms with Crippen molar-refractivity contribution in [2.75, 3.05) is 0 Å². The van der Waals surface area contributed by atoms with Gasteiger partial charge >= 0.3 is 6.18 Å². The summed E-state index contributed by atoms with van der Waals surface area (Å²) in [6.45, 7) is 5.11. The fraction of sp³-hybridized carbons (Fsp3) is 0.333. The summed E-state index contributed by atoms with van der Waals surface area (Å²) in [6, 6.07) is 2.96.